The average molecular weight is 217 g/mol. The fraction of sp³-hybridized carbons (Fsp3) is 0. The predicted octanol–water partition coefficient (Wildman–Crippen LogP) is 1.44. The van der Waals surface area contributed by atoms with Crippen LogP contribution in [0.1, 0.15) is 0 Å². The Morgan fingerprint density at radius 2 is 2.20 bits per heavy atom. The maximum atomic E-state index is 5.83. The average Bonchev–Trinajstić information content (AvgIpc) is 2.83. The standard InChI is InChI=1S/C9H7N5S/c10-8-6(3-5-15-8)9-13-12-7-2-1-4-11-14(7)9/h1-5H,10H2. The Labute approximate surface area is 89.2 Å². The van der Waals surface area contributed by atoms with Crippen LogP contribution in [0.25, 0.3) is 17.0 Å². The molecule has 0 aliphatic carbocycles. The van der Waals surface area contributed by atoms with Gasteiger partial charge in [0.15, 0.2) is 11.5 Å². The molecule has 0 saturated carbocycles. The lowest BCUT2D eigenvalue weighted by Gasteiger charge is -1.96. The van der Waals surface area contributed by atoms with Crippen molar-refractivity contribution in [2.45, 2.75) is 0 Å². The van der Waals surface area contributed by atoms with Crippen LogP contribution in [0.2, 0.25) is 0 Å². The van der Waals surface area contributed by atoms with Crippen LogP contribution in [0.4, 0.5) is 5.00 Å². The van der Waals surface area contributed by atoms with Gasteiger partial charge in [-0.1, -0.05) is 0 Å². The van der Waals surface area contributed by atoms with E-state index < -0.39 is 0 Å². The molecular formula is C9H7N5S. The van der Waals surface area contributed by atoms with Crippen molar-refractivity contribution in [2.24, 2.45) is 0 Å². The van der Waals surface area contributed by atoms with Gasteiger partial charge in [-0.3, -0.25) is 0 Å². The normalized spacial score (nSPS) is 10.9. The summed E-state index contributed by atoms with van der Waals surface area (Å²) in [5, 5.41) is 14.9. The Morgan fingerprint density at radius 1 is 1.27 bits per heavy atom. The summed E-state index contributed by atoms with van der Waals surface area (Å²) in [5.41, 5.74) is 7.43. The largest absolute Gasteiger partial charge is 0.390 e. The van der Waals surface area contributed by atoms with Crippen LogP contribution in [0.5, 0.6) is 0 Å². The lowest BCUT2D eigenvalue weighted by molar-refractivity contribution is 0.936. The molecule has 3 aromatic heterocycles. The number of thiophene rings is 1. The minimum atomic E-state index is 0.685. The fourth-order valence-electron chi connectivity index (χ4n) is 1.42. The zero-order valence-electron chi connectivity index (χ0n) is 7.66. The highest BCUT2D eigenvalue weighted by atomic mass is 32.1. The van der Waals surface area contributed by atoms with Gasteiger partial charge in [0.05, 0.1) is 10.6 Å². The lowest BCUT2D eigenvalue weighted by Crippen LogP contribution is -1.94. The molecule has 0 aliphatic rings. The van der Waals surface area contributed by atoms with Crippen molar-refractivity contribution in [1.29, 1.82) is 0 Å². The molecule has 0 bridgehead atoms. The predicted molar refractivity (Wildman–Crippen MR) is 58.5 cm³/mol. The molecule has 3 aromatic rings. The summed E-state index contributed by atoms with van der Waals surface area (Å²) in [5.74, 6) is 0.685. The van der Waals surface area contributed by atoms with Crippen LogP contribution in [-0.2, 0) is 0 Å². The molecule has 0 amide bonds. The third-order valence-corrected chi connectivity index (χ3v) is 2.86. The van der Waals surface area contributed by atoms with Crippen molar-refractivity contribution in [1.82, 2.24) is 19.8 Å². The van der Waals surface area contributed by atoms with Gasteiger partial charge < -0.3 is 5.73 Å². The number of fused-ring (bicyclic) bond motifs is 1. The molecule has 0 unspecified atom stereocenters. The molecule has 6 heteroatoms. The number of rotatable bonds is 1. The minimum absolute atomic E-state index is 0.685. The van der Waals surface area contributed by atoms with Crippen LogP contribution in [0.15, 0.2) is 29.8 Å². The summed E-state index contributed by atoms with van der Waals surface area (Å²) in [6, 6.07) is 5.60. The van der Waals surface area contributed by atoms with Gasteiger partial charge in [-0.05, 0) is 23.6 Å². The number of hydrogen-bond acceptors (Lipinski definition) is 5. The smallest absolute Gasteiger partial charge is 0.188 e. The van der Waals surface area contributed by atoms with Gasteiger partial charge in [-0.15, -0.1) is 21.5 Å². The lowest BCUT2D eigenvalue weighted by atomic mass is 10.3. The molecule has 0 radical (unpaired) electrons. The second kappa shape index (κ2) is 3.03. The fourth-order valence-corrected chi connectivity index (χ4v) is 2.05. The number of nitrogens with zero attached hydrogens (tertiary/aromatic N) is 4. The van der Waals surface area contributed by atoms with E-state index in [-0.39, 0.29) is 0 Å². The van der Waals surface area contributed by atoms with E-state index in [1.807, 2.05) is 23.6 Å². The molecule has 74 valence electrons. The zero-order chi connectivity index (χ0) is 10.3. The summed E-state index contributed by atoms with van der Waals surface area (Å²) in [6.07, 6.45) is 1.70. The van der Waals surface area contributed by atoms with E-state index in [9.17, 15) is 0 Å². The van der Waals surface area contributed by atoms with Gasteiger partial charge >= 0.3 is 0 Å². The topological polar surface area (TPSA) is 69.1 Å². The van der Waals surface area contributed by atoms with E-state index in [0.29, 0.717) is 5.82 Å². The van der Waals surface area contributed by atoms with Gasteiger partial charge in [-0.25, -0.2) is 0 Å². The molecular weight excluding hydrogens is 210 g/mol. The van der Waals surface area contributed by atoms with Gasteiger partial charge in [0.25, 0.3) is 0 Å². The second-order valence-electron chi connectivity index (χ2n) is 3.02. The summed E-state index contributed by atoms with van der Waals surface area (Å²) in [6.45, 7) is 0. The molecule has 2 N–H and O–H groups in total. The Hall–Kier alpha value is -1.95. The van der Waals surface area contributed by atoms with Crippen molar-refractivity contribution < 1.29 is 0 Å². The minimum Gasteiger partial charge on any atom is -0.390 e. The van der Waals surface area contributed by atoms with Crippen molar-refractivity contribution in [2.75, 3.05) is 5.73 Å². The van der Waals surface area contributed by atoms with E-state index in [1.165, 1.54) is 11.3 Å². The first-order valence-corrected chi connectivity index (χ1v) is 5.24. The number of hydrogen-bond donors (Lipinski definition) is 1. The van der Waals surface area contributed by atoms with E-state index in [4.69, 9.17) is 5.73 Å². The molecule has 15 heavy (non-hydrogen) atoms. The van der Waals surface area contributed by atoms with Gasteiger partial charge in [0.1, 0.15) is 0 Å². The Kier molecular flexibility index (Phi) is 1.69. The van der Waals surface area contributed by atoms with Crippen molar-refractivity contribution in [3.8, 4) is 11.4 Å². The Bertz CT molecular complexity index is 612. The third kappa shape index (κ3) is 1.18. The van der Waals surface area contributed by atoms with E-state index in [2.05, 4.69) is 15.3 Å². The molecule has 3 rings (SSSR count). The number of anilines is 1. The van der Waals surface area contributed by atoms with Gasteiger partial charge in [0.2, 0.25) is 0 Å². The second-order valence-corrected chi connectivity index (χ2v) is 3.96. The van der Waals surface area contributed by atoms with Crippen LogP contribution in [-0.4, -0.2) is 19.8 Å². The maximum absolute atomic E-state index is 5.83. The molecule has 5 nitrogen and oxygen atoms in total. The van der Waals surface area contributed by atoms with Crippen LogP contribution in [0, 0.1) is 0 Å². The highest BCUT2D eigenvalue weighted by Gasteiger charge is 2.11. The monoisotopic (exact) mass is 217 g/mol. The molecule has 0 aliphatic heterocycles. The summed E-state index contributed by atoms with van der Waals surface area (Å²) in [4.78, 5) is 0. The quantitative estimate of drug-likeness (QED) is 0.669. The first-order valence-electron chi connectivity index (χ1n) is 4.36. The maximum Gasteiger partial charge on any atom is 0.188 e. The van der Waals surface area contributed by atoms with Gasteiger partial charge in [0, 0.05) is 6.20 Å². The SMILES string of the molecule is Nc1sccc1-c1nnc2cccnn12. The number of nitrogen functional groups attached to an aromatic ring is 1. The third-order valence-electron chi connectivity index (χ3n) is 2.11. The van der Waals surface area contributed by atoms with Crippen LogP contribution < -0.4 is 5.73 Å². The van der Waals surface area contributed by atoms with Crippen molar-refractivity contribution in [3.05, 3.63) is 29.8 Å². The van der Waals surface area contributed by atoms with Crippen molar-refractivity contribution in [3.63, 3.8) is 0 Å². The summed E-state index contributed by atoms with van der Waals surface area (Å²) in [7, 11) is 0. The Morgan fingerprint density at radius 3 is 3.00 bits per heavy atom. The molecule has 0 spiro atoms. The van der Waals surface area contributed by atoms with Crippen LogP contribution >= 0.6 is 11.3 Å². The summed E-state index contributed by atoms with van der Waals surface area (Å²) < 4.78 is 1.68. The van der Waals surface area contributed by atoms with Crippen LogP contribution in [0.3, 0.4) is 0 Å². The number of nitrogens with two attached hydrogens (primary N) is 1. The molecule has 0 atom stereocenters. The zero-order valence-corrected chi connectivity index (χ0v) is 8.48. The molecule has 3 heterocycles. The highest BCUT2D eigenvalue weighted by molar-refractivity contribution is 7.14. The van der Waals surface area contributed by atoms with E-state index in [1.54, 1.807) is 10.7 Å². The number of aromatic nitrogens is 4. The van der Waals surface area contributed by atoms with E-state index in [0.717, 1.165) is 16.2 Å². The summed E-state index contributed by atoms with van der Waals surface area (Å²) >= 11 is 1.48. The molecule has 0 saturated heterocycles. The first-order chi connectivity index (χ1) is 7.36. The van der Waals surface area contributed by atoms with Gasteiger partial charge in [-0.2, -0.15) is 9.61 Å². The van der Waals surface area contributed by atoms with Crippen molar-refractivity contribution >= 4 is 22.0 Å². The Balaban J connectivity index is 2.32. The highest BCUT2D eigenvalue weighted by Crippen LogP contribution is 2.28. The first kappa shape index (κ1) is 8.37. The molecule has 0 fully saturated rings. The van der Waals surface area contributed by atoms with E-state index >= 15 is 0 Å². The molecule has 0 aromatic carbocycles.